The van der Waals surface area contributed by atoms with Crippen LogP contribution in [0.3, 0.4) is 0 Å². The first-order chi connectivity index (χ1) is 17.0. The highest BCUT2D eigenvalue weighted by molar-refractivity contribution is 5.97. The molecule has 7 nitrogen and oxygen atoms in total. The highest BCUT2D eigenvalue weighted by atomic mass is 16.5. The molecule has 2 aliphatic heterocycles. The summed E-state index contributed by atoms with van der Waals surface area (Å²) in [4.78, 5) is 31.1. The number of likely N-dealkylation sites (tertiary alicyclic amines) is 1. The number of likely N-dealkylation sites (N-methyl/N-ethyl adjacent to an activating group) is 1. The zero-order chi connectivity index (χ0) is 24.9. The predicted octanol–water partition coefficient (Wildman–Crippen LogP) is 4.10. The van der Waals surface area contributed by atoms with Gasteiger partial charge in [0.2, 0.25) is 11.8 Å². The second-order valence-corrected chi connectivity index (χ2v) is 9.47. The molecule has 188 valence electrons. The van der Waals surface area contributed by atoms with Crippen LogP contribution < -0.4 is 19.7 Å². The minimum absolute atomic E-state index is 0.00245. The van der Waals surface area contributed by atoms with E-state index in [1.807, 2.05) is 49.4 Å². The molecule has 2 amide bonds. The summed E-state index contributed by atoms with van der Waals surface area (Å²) in [6.45, 7) is 6.91. The third-order valence-electron chi connectivity index (χ3n) is 7.41. The first-order valence-corrected chi connectivity index (χ1v) is 12.6. The molecule has 2 saturated heterocycles. The van der Waals surface area contributed by atoms with Crippen molar-refractivity contribution in [3.05, 3.63) is 53.6 Å². The van der Waals surface area contributed by atoms with Crippen LogP contribution in [-0.2, 0) is 9.59 Å². The number of carbonyl (C=O) groups excluding carboxylic acids is 2. The fraction of sp³-hybridized carbons (Fsp3) is 0.500. The molecule has 2 aliphatic rings. The minimum atomic E-state index is -0.440. The van der Waals surface area contributed by atoms with Crippen LogP contribution in [0, 0.1) is 12.8 Å². The van der Waals surface area contributed by atoms with E-state index in [9.17, 15) is 9.59 Å². The summed E-state index contributed by atoms with van der Waals surface area (Å²) in [6, 6.07) is 13.5. The number of aryl methyl sites for hydroxylation is 1. The first-order valence-electron chi connectivity index (χ1n) is 12.6. The molecule has 2 fully saturated rings. The smallest absolute Gasteiger partial charge is 0.227 e. The molecular formula is C28H37N3O4. The fourth-order valence-corrected chi connectivity index (χ4v) is 5.49. The Morgan fingerprint density at radius 3 is 2.49 bits per heavy atom. The van der Waals surface area contributed by atoms with E-state index < -0.39 is 6.04 Å². The number of anilines is 1. The summed E-state index contributed by atoms with van der Waals surface area (Å²) < 4.78 is 11.0. The molecule has 4 rings (SSSR count). The lowest BCUT2D eigenvalue weighted by Crippen LogP contribution is -2.50. The Morgan fingerprint density at radius 2 is 1.80 bits per heavy atom. The summed E-state index contributed by atoms with van der Waals surface area (Å²) in [5, 5.41) is 3.23. The van der Waals surface area contributed by atoms with E-state index in [4.69, 9.17) is 9.47 Å². The van der Waals surface area contributed by atoms with Gasteiger partial charge in [-0.3, -0.25) is 14.5 Å². The van der Waals surface area contributed by atoms with Crippen LogP contribution in [0.25, 0.3) is 0 Å². The second-order valence-electron chi connectivity index (χ2n) is 9.47. The summed E-state index contributed by atoms with van der Waals surface area (Å²) >= 11 is 0. The molecule has 0 bridgehead atoms. The lowest BCUT2D eigenvalue weighted by molar-refractivity contribution is -0.129. The first kappa shape index (κ1) is 25.0. The van der Waals surface area contributed by atoms with Crippen LogP contribution in [0.2, 0.25) is 0 Å². The summed E-state index contributed by atoms with van der Waals surface area (Å²) in [7, 11) is 3.19. The van der Waals surface area contributed by atoms with E-state index in [0.29, 0.717) is 36.9 Å². The van der Waals surface area contributed by atoms with Gasteiger partial charge in [0.05, 0.1) is 26.2 Å². The molecule has 0 unspecified atom stereocenters. The number of piperidine rings is 1. The van der Waals surface area contributed by atoms with E-state index in [1.54, 1.807) is 19.1 Å². The zero-order valence-electron chi connectivity index (χ0n) is 21.3. The van der Waals surface area contributed by atoms with E-state index in [2.05, 4.69) is 17.1 Å². The Morgan fingerprint density at radius 1 is 1.06 bits per heavy atom. The molecule has 1 N–H and O–H groups in total. The number of methoxy groups -OCH3 is 2. The van der Waals surface area contributed by atoms with Crippen molar-refractivity contribution in [1.82, 2.24) is 10.2 Å². The van der Waals surface area contributed by atoms with Crippen LogP contribution in [0.4, 0.5) is 5.69 Å². The monoisotopic (exact) mass is 479 g/mol. The Balaban J connectivity index is 1.68. The Hall–Kier alpha value is -3.06. The van der Waals surface area contributed by atoms with Gasteiger partial charge in [-0.05, 0) is 69.1 Å². The van der Waals surface area contributed by atoms with Gasteiger partial charge in [0, 0.05) is 24.7 Å². The molecule has 3 atom stereocenters. The van der Waals surface area contributed by atoms with Gasteiger partial charge in [-0.2, -0.15) is 0 Å². The second kappa shape index (κ2) is 11.1. The summed E-state index contributed by atoms with van der Waals surface area (Å²) in [5.74, 6) is 0.837. The van der Waals surface area contributed by atoms with Crippen LogP contribution >= 0.6 is 0 Å². The zero-order valence-corrected chi connectivity index (χ0v) is 21.3. The number of nitrogens with one attached hydrogen (secondary N) is 1. The number of carbonyl (C=O) groups is 2. The Labute approximate surface area is 208 Å². The van der Waals surface area contributed by atoms with Crippen molar-refractivity contribution >= 4 is 17.5 Å². The van der Waals surface area contributed by atoms with Crippen molar-refractivity contribution in [2.24, 2.45) is 5.92 Å². The van der Waals surface area contributed by atoms with Crippen molar-refractivity contribution in [1.29, 1.82) is 0 Å². The maximum Gasteiger partial charge on any atom is 0.227 e. The van der Waals surface area contributed by atoms with Crippen molar-refractivity contribution < 1.29 is 19.1 Å². The maximum absolute atomic E-state index is 13.6. The highest BCUT2D eigenvalue weighted by Gasteiger charge is 2.42. The van der Waals surface area contributed by atoms with Crippen molar-refractivity contribution in [2.45, 2.75) is 51.6 Å². The van der Waals surface area contributed by atoms with Crippen molar-refractivity contribution in [2.75, 3.05) is 38.8 Å². The van der Waals surface area contributed by atoms with Crippen LogP contribution in [-0.4, -0.2) is 56.6 Å². The minimum Gasteiger partial charge on any atom is -0.493 e. The van der Waals surface area contributed by atoms with E-state index in [1.165, 1.54) is 6.42 Å². The van der Waals surface area contributed by atoms with Gasteiger partial charge in [-0.15, -0.1) is 0 Å². The summed E-state index contributed by atoms with van der Waals surface area (Å²) in [6.07, 6.45) is 3.11. The molecule has 0 radical (unpaired) electrons. The van der Waals surface area contributed by atoms with Crippen LogP contribution in [0.15, 0.2) is 42.5 Å². The van der Waals surface area contributed by atoms with Crippen molar-refractivity contribution in [3.63, 3.8) is 0 Å². The molecular weight excluding hydrogens is 442 g/mol. The van der Waals surface area contributed by atoms with Gasteiger partial charge in [0.1, 0.15) is 0 Å². The van der Waals surface area contributed by atoms with Gasteiger partial charge in [0.25, 0.3) is 0 Å². The quantitative estimate of drug-likeness (QED) is 0.617. The molecule has 0 saturated carbocycles. The molecule has 2 aromatic rings. The topological polar surface area (TPSA) is 71.1 Å². The Kier molecular flexibility index (Phi) is 7.96. The largest absolute Gasteiger partial charge is 0.493 e. The van der Waals surface area contributed by atoms with Crippen LogP contribution in [0.5, 0.6) is 11.5 Å². The SMILES string of the molecule is CCN1CCC[C@@H]1CNC(=O)[C@@H]1CCC(=O)N(c2ccc(C)cc2)[C@H]1c1ccc(OC)c(OC)c1. The number of amides is 2. The lowest BCUT2D eigenvalue weighted by atomic mass is 9.83. The number of benzene rings is 2. The number of ether oxygens (including phenoxy) is 2. The summed E-state index contributed by atoms with van der Waals surface area (Å²) in [5.41, 5.74) is 2.77. The van der Waals surface area contributed by atoms with Gasteiger partial charge >= 0.3 is 0 Å². The van der Waals surface area contributed by atoms with Gasteiger partial charge in [-0.25, -0.2) is 0 Å². The van der Waals surface area contributed by atoms with Gasteiger partial charge < -0.3 is 19.7 Å². The maximum atomic E-state index is 13.6. The third-order valence-corrected chi connectivity index (χ3v) is 7.41. The Bertz CT molecular complexity index is 1040. The molecule has 0 aliphatic carbocycles. The van der Waals surface area contributed by atoms with Gasteiger partial charge in [-0.1, -0.05) is 30.7 Å². The van der Waals surface area contributed by atoms with Crippen molar-refractivity contribution in [3.8, 4) is 11.5 Å². The lowest BCUT2D eigenvalue weighted by Gasteiger charge is -2.41. The molecule has 0 aromatic heterocycles. The number of hydrogen-bond donors (Lipinski definition) is 1. The molecule has 2 aromatic carbocycles. The fourth-order valence-electron chi connectivity index (χ4n) is 5.49. The average molecular weight is 480 g/mol. The average Bonchev–Trinajstić information content (AvgIpc) is 3.35. The predicted molar refractivity (Wildman–Crippen MR) is 137 cm³/mol. The third kappa shape index (κ3) is 5.30. The molecule has 35 heavy (non-hydrogen) atoms. The highest BCUT2D eigenvalue weighted by Crippen LogP contribution is 2.42. The molecule has 7 heteroatoms. The normalized spacial score (nSPS) is 22.8. The van der Waals surface area contributed by atoms with E-state index >= 15 is 0 Å². The number of nitrogens with zero attached hydrogens (tertiary/aromatic N) is 2. The van der Waals surface area contributed by atoms with E-state index in [-0.39, 0.29) is 17.7 Å². The molecule has 0 spiro atoms. The molecule has 2 heterocycles. The number of hydrogen-bond acceptors (Lipinski definition) is 5. The van der Waals surface area contributed by atoms with E-state index in [0.717, 1.165) is 36.3 Å². The number of rotatable bonds is 8. The standard InChI is InChI=1S/C28H37N3O4/c1-5-30-16-6-7-22(30)18-29-28(33)23-13-15-26(32)31(21-11-8-19(2)9-12-21)27(23)20-10-14-24(34-3)25(17-20)35-4/h8-12,14,17,22-23,27H,5-7,13,15-16,18H2,1-4H3,(H,29,33)/t22-,23-,27+/m1/s1. The van der Waals surface area contributed by atoms with Crippen LogP contribution in [0.1, 0.15) is 49.8 Å². The van der Waals surface area contributed by atoms with Gasteiger partial charge in [0.15, 0.2) is 11.5 Å².